The molecule has 0 aliphatic carbocycles. The van der Waals surface area contributed by atoms with E-state index in [1.807, 2.05) is 0 Å². The minimum atomic E-state index is 0.718. The minimum Gasteiger partial charge on any atom is -0.317 e. The van der Waals surface area contributed by atoms with E-state index < -0.39 is 0 Å². The van der Waals surface area contributed by atoms with Gasteiger partial charge in [-0.15, -0.1) is 0 Å². The molecule has 1 N–H and O–H groups in total. The zero-order valence-corrected chi connectivity index (χ0v) is 11.2. The number of hydrogen-bond acceptors (Lipinski definition) is 2. The first kappa shape index (κ1) is 14.9. The highest BCUT2D eigenvalue weighted by atomic mass is 15.1. The number of nitrogens with one attached hydrogen (secondary N) is 1. The van der Waals surface area contributed by atoms with Gasteiger partial charge in [0, 0.05) is 6.04 Å². The largest absolute Gasteiger partial charge is 0.317 e. The topological polar surface area (TPSA) is 15.3 Å². The molecular weight excluding hydrogens is 184 g/mol. The van der Waals surface area contributed by atoms with Crippen LogP contribution in [0.3, 0.4) is 0 Å². The third-order valence-corrected chi connectivity index (χ3v) is 3.01. The van der Waals surface area contributed by atoms with Gasteiger partial charge in [0.25, 0.3) is 0 Å². The lowest BCUT2D eigenvalue weighted by atomic mass is 10.1. The van der Waals surface area contributed by atoms with Crippen LogP contribution in [0.25, 0.3) is 0 Å². The van der Waals surface area contributed by atoms with E-state index in [4.69, 9.17) is 0 Å². The lowest BCUT2D eigenvalue weighted by molar-refractivity contribution is 0.263. The summed E-state index contributed by atoms with van der Waals surface area (Å²) in [4.78, 5) is 2.60. The summed E-state index contributed by atoms with van der Waals surface area (Å²) in [5.41, 5.74) is 0. The van der Waals surface area contributed by atoms with Gasteiger partial charge in [-0.25, -0.2) is 0 Å². The Hall–Kier alpha value is -0.0800. The van der Waals surface area contributed by atoms with Crippen molar-refractivity contribution in [3.05, 3.63) is 0 Å². The SMILES string of the molecule is CCCN(CCC)CCCC(CC)NC. The molecule has 15 heavy (non-hydrogen) atoms. The highest BCUT2D eigenvalue weighted by molar-refractivity contribution is 4.64. The Morgan fingerprint density at radius 2 is 1.60 bits per heavy atom. The van der Waals surface area contributed by atoms with Crippen molar-refractivity contribution in [3.63, 3.8) is 0 Å². The zero-order valence-electron chi connectivity index (χ0n) is 11.2. The van der Waals surface area contributed by atoms with Crippen molar-refractivity contribution in [2.45, 2.75) is 58.9 Å². The van der Waals surface area contributed by atoms with Gasteiger partial charge in [0.15, 0.2) is 0 Å². The molecule has 0 spiro atoms. The van der Waals surface area contributed by atoms with Crippen molar-refractivity contribution < 1.29 is 0 Å². The molecule has 0 saturated heterocycles. The van der Waals surface area contributed by atoms with Crippen LogP contribution in [0.15, 0.2) is 0 Å². The third-order valence-electron chi connectivity index (χ3n) is 3.01. The van der Waals surface area contributed by atoms with Crippen LogP contribution >= 0.6 is 0 Å². The van der Waals surface area contributed by atoms with Crippen molar-refractivity contribution in [1.82, 2.24) is 10.2 Å². The molecule has 2 nitrogen and oxygen atoms in total. The monoisotopic (exact) mass is 214 g/mol. The molecule has 1 unspecified atom stereocenters. The zero-order chi connectivity index (χ0) is 11.5. The Bertz CT molecular complexity index is 116. The van der Waals surface area contributed by atoms with E-state index in [0.717, 1.165) is 6.04 Å². The van der Waals surface area contributed by atoms with E-state index >= 15 is 0 Å². The van der Waals surface area contributed by atoms with Gasteiger partial charge in [-0.1, -0.05) is 20.8 Å². The van der Waals surface area contributed by atoms with Crippen LogP contribution in [0.5, 0.6) is 0 Å². The molecule has 1 atom stereocenters. The highest BCUT2D eigenvalue weighted by Crippen LogP contribution is 2.04. The summed E-state index contributed by atoms with van der Waals surface area (Å²) in [6.45, 7) is 10.6. The molecule has 0 heterocycles. The number of nitrogens with zero attached hydrogens (tertiary/aromatic N) is 1. The van der Waals surface area contributed by atoms with Crippen LogP contribution in [0.4, 0.5) is 0 Å². The fourth-order valence-corrected chi connectivity index (χ4v) is 2.08. The molecule has 0 aromatic carbocycles. The van der Waals surface area contributed by atoms with Gasteiger partial charge < -0.3 is 10.2 Å². The molecular formula is C13H30N2. The lowest BCUT2D eigenvalue weighted by Crippen LogP contribution is -2.29. The Kier molecular flexibility index (Phi) is 10.4. The maximum Gasteiger partial charge on any atom is 0.00619 e. The molecule has 0 radical (unpaired) electrons. The van der Waals surface area contributed by atoms with E-state index in [1.165, 1.54) is 51.7 Å². The van der Waals surface area contributed by atoms with Crippen LogP contribution in [0.1, 0.15) is 52.9 Å². The third kappa shape index (κ3) is 7.80. The smallest absolute Gasteiger partial charge is 0.00619 e. The normalized spacial score (nSPS) is 13.4. The Morgan fingerprint density at radius 1 is 1.00 bits per heavy atom. The Balaban J connectivity index is 3.59. The van der Waals surface area contributed by atoms with E-state index in [0.29, 0.717) is 0 Å². The Labute approximate surface area is 96.4 Å². The van der Waals surface area contributed by atoms with E-state index in [-0.39, 0.29) is 0 Å². The van der Waals surface area contributed by atoms with Crippen LogP contribution in [-0.2, 0) is 0 Å². The highest BCUT2D eigenvalue weighted by Gasteiger charge is 2.05. The van der Waals surface area contributed by atoms with Gasteiger partial charge in [0.1, 0.15) is 0 Å². The van der Waals surface area contributed by atoms with E-state index in [1.54, 1.807) is 0 Å². The van der Waals surface area contributed by atoms with Crippen molar-refractivity contribution >= 4 is 0 Å². The quantitative estimate of drug-likeness (QED) is 0.601. The molecule has 0 amide bonds. The van der Waals surface area contributed by atoms with Crippen LogP contribution in [0.2, 0.25) is 0 Å². The summed E-state index contributed by atoms with van der Waals surface area (Å²) in [5, 5.41) is 3.37. The molecule has 2 heteroatoms. The van der Waals surface area contributed by atoms with Crippen molar-refractivity contribution in [1.29, 1.82) is 0 Å². The molecule has 92 valence electrons. The predicted molar refractivity (Wildman–Crippen MR) is 69.4 cm³/mol. The summed E-state index contributed by atoms with van der Waals surface area (Å²) in [6, 6.07) is 0.718. The van der Waals surface area contributed by atoms with E-state index in [9.17, 15) is 0 Å². The van der Waals surface area contributed by atoms with Crippen molar-refractivity contribution in [2.75, 3.05) is 26.7 Å². The second-order valence-corrected chi connectivity index (χ2v) is 4.38. The van der Waals surface area contributed by atoms with Crippen LogP contribution < -0.4 is 5.32 Å². The van der Waals surface area contributed by atoms with Gasteiger partial charge in [-0.3, -0.25) is 0 Å². The van der Waals surface area contributed by atoms with Gasteiger partial charge >= 0.3 is 0 Å². The summed E-state index contributed by atoms with van der Waals surface area (Å²) >= 11 is 0. The number of rotatable bonds is 10. The van der Waals surface area contributed by atoms with Crippen molar-refractivity contribution in [2.24, 2.45) is 0 Å². The molecule has 0 fully saturated rings. The lowest BCUT2D eigenvalue weighted by Gasteiger charge is -2.22. The van der Waals surface area contributed by atoms with E-state index in [2.05, 4.69) is 38.0 Å². The minimum absolute atomic E-state index is 0.718. The number of hydrogen-bond donors (Lipinski definition) is 1. The van der Waals surface area contributed by atoms with Gasteiger partial charge in [-0.05, 0) is 58.8 Å². The fourth-order valence-electron chi connectivity index (χ4n) is 2.08. The first-order chi connectivity index (χ1) is 7.28. The maximum atomic E-state index is 3.37. The molecule has 0 aliphatic heterocycles. The predicted octanol–water partition coefficient (Wildman–Crippen LogP) is 2.89. The first-order valence-corrected chi connectivity index (χ1v) is 6.68. The first-order valence-electron chi connectivity index (χ1n) is 6.68. The van der Waals surface area contributed by atoms with Crippen molar-refractivity contribution in [3.8, 4) is 0 Å². The average molecular weight is 214 g/mol. The molecule has 0 aromatic rings. The average Bonchev–Trinajstić information content (AvgIpc) is 2.25. The molecule has 0 bridgehead atoms. The van der Waals surface area contributed by atoms with Gasteiger partial charge in [0.2, 0.25) is 0 Å². The summed E-state index contributed by atoms with van der Waals surface area (Å²) in [6.07, 6.45) is 6.46. The maximum absolute atomic E-state index is 3.37. The van der Waals surface area contributed by atoms with Gasteiger partial charge in [0.05, 0.1) is 0 Å². The standard InChI is InChI=1S/C13H30N2/c1-5-10-15(11-6-2)12-8-9-13(7-3)14-4/h13-14H,5-12H2,1-4H3. The fraction of sp³-hybridized carbons (Fsp3) is 1.00. The molecule has 0 rings (SSSR count). The summed E-state index contributed by atoms with van der Waals surface area (Å²) < 4.78 is 0. The van der Waals surface area contributed by atoms with Crippen LogP contribution in [-0.4, -0.2) is 37.6 Å². The van der Waals surface area contributed by atoms with Gasteiger partial charge in [-0.2, -0.15) is 0 Å². The second-order valence-electron chi connectivity index (χ2n) is 4.38. The molecule has 0 saturated carbocycles. The Morgan fingerprint density at radius 3 is 2.00 bits per heavy atom. The second kappa shape index (κ2) is 10.4. The summed E-state index contributed by atoms with van der Waals surface area (Å²) in [7, 11) is 2.07. The van der Waals surface area contributed by atoms with Crippen LogP contribution in [0, 0.1) is 0 Å². The molecule has 0 aromatic heterocycles. The molecule has 0 aliphatic rings. The summed E-state index contributed by atoms with van der Waals surface area (Å²) in [5.74, 6) is 0.